The van der Waals surface area contributed by atoms with Crippen LogP contribution in [0.4, 0.5) is 0 Å². The van der Waals surface area contributed by atoms with E-state index in [0.717, 1.165) is 11.3 Å². The first-order chi connectivity index (χ1) is 8.02. The second kappa shape index (κ2) is 4.44. The van der Waals surface area contributed by atoms with Crippen molar-refractivity contribution in [1.82, 2.24) is 4.98 Å². The molecule has 0 spiro atoms. The van der Waals surface area contributed by atoms with Crippen LogP contribution in [0.2, 0.25) is 0 Å². The van der Waals surface area contributed by atoms with E-state index in [-0.39, 0.29) is 0 Å². The minimum atomic E-state index is 0.446. The topological polar surface area (TPSA) is 16.8 Å². The first-order valence-corrected chi connectivity index (χ1v) is 6.31. The number of aromatic nitrogens is 2. The van der Waals surface area contributed by atoms with Gasteiger partial charge in [-0.3, -0.25) is 0 Å². The SMILES string of the molecule is CC(C)c1nc2ccccc2c(C(C)C)[n+]1C. The Kier molecular flexibility index (Phi) is 3.14. The molecule has 90 valence electrons. The van der Waals surface area contributed by atoms with E-state index < -0.39 is 0 Å². The van der Waals surface area contributed by atoms with Crippen LogP contribution in [0.1, 0.15) is 51.0 Å². The van der Waals surface area contributed by atoms with Crippen LogP contribution < -0.4 is 4.57 Å². The number of fused-ring (bicyclic) bond motifs is 1. The predicted molar refractivity (Wildman–Crippen MR) is 71.1 cm³/mol. The fourth-order valence-corrected chi connectivity index (χ4v) is 2.50. The monoisotopic (exact) mass is 229 g/mol. The van der Waals surface area contributed by atoms with Gasteiger partial charge in [-0.2, -0.15) is 0 Å². The number of benzene rings is 1. The van der Waals surface area contributed by atoms with Crippen molar-refractivity contribution in [2.75, 3.05) is 0 Å². The van der Waals surface area contributed by atoms with Crippen molar-refractivity contribution in [3.8, 4) is 0 Å². The molecule has 0 saturated carbocycles. The summed E-state index contributed by atoms with van der Waals surface area (Å²) in [6, 6.07) is 8.42. The molecule has 17 heavy (non-hydrogen) atoms. The molecule has 0 aliphatic heterocycles. The zero-order valence-corrected chi connectivity index (χ0v) is 11.4. The summed E-state index contributed by atoms with van der Waals surface area (Å²) < 4.78 is 2.26. The molecule has 0 atom stereocenters. The lowest BCUT2D eigenvalue weighted by molar-refractivity contribution is -0.690. The van der Waals surface area contributed by atoms with Crippen LogP contribution >= 0.6 is 0 Å². The number of hydrogen-bond donors (Lipinski definition) is 0. The lowest BCUT2D eigenvalue weighted by atomic mass is 10.0. The third-order valence-corrected chi connectivity index (χ3v) is 3.18. The van der Waals surface area contributed by atoms with Gasteiger partial charge in [-0.1, -0.05) is 39.8 Å². The third-order valence-electron chi connectivity index (χ3n) is 3.18. The highest BCUT2D eigenvalue weighted by molar-refractivity contribution is 5.80. The van der Waals surface area contributed by atoms with E-state index in [2.05, 4.69) is 63.6 Å². The Morgan fingerprint density at radius 1 is 1.00 bits per heavy atom. The molecular weight excluding hydrogens is 208 g/mol. The summed E-state index contributed by atoms with van der Waals surface area (Å²) >= 11 is 0. The zero-order chi connectivity index (χ0) is 12.6. The van der Waals surface area contributed by atoms with E-state index in [0.29, 0.717) is 11.8 Å². The maximum absolute atomic E-state index is 4.78. The molecule has 0 N–H and O–H groups in total. The quantitative estimate of drug-likeness (QED) is 0.722. The number of para-hydroxylation sites is 1. The van der Waals surface area contributed by atoms with Crippen molar-refractivity contribution in [3.63, 3.8) is 0 Å². The highest BCUT2D eigenvalue weighted by Crippen LogP contribution is 2.22. The van der Waals surface area contributed by atoms with Crippen LogP contribution in [0.15, 0.2) is 24.3 Å². The van der Waals surface area contributed by atoms with Crippen LogP contribution in [0, 0.1) is 0 Å². The van der Waals surface area contributed by atoms with Gasteiger partial charge < -0.3 is 0 Å². The van der Waals surface area contributed by atoms with Gasteiger partial charge in [-0.15, -0.1) is 0 Å². The van der Waals surface area contributed by atoms with E-state index in [1.807, 2.05) is 0 Å². The van der Waals surface area contributed by atoms with Gasteiger partial charge in [0.25, 0.3) is 0 Å². The van der Waals surface area contributed by atoms with Crippen molar-refractivity contribution in [2.45, 2.75) is 39.5 Å². The fourth-order valence-electron chi connectivity index (χ4n) is 2.50. The molecule has 1 aromatic heterocycles. The van der Waals surface area contributed by atoms with Crippen LogP contribution in [-0.2, 0) is 7.05 Å². The van der Waals surface area contributed by atoms with E-state index in [9.17, 15) is 0 Å². The molecule has 0 bridgehead atoms. The molecule has 0 aliphatic rings. The maximum atomic E-state index is 4.78. The molecule has 0 aliphatic carbocycles. The minimum Gasteiger partial charge on any atom is -0.233 e. The average Bonchev–Trinajstić information content (AvgIpc) is 2.27. The molecular formula is C15H21N2+. The molecule has 0 fully saturated rings. The van der Waals surface area contributed by atoms with E-state index in [1.165, 1.54) is 11.1 Å². The molecule has 2 heteroatoms. The van der Waals surface area contributed by atoms with E-state index in [1.54, 1.807) is 0 Å². The van der Waals surface area contributed by atoms with E-state index in [4.69, 9.17) is 4.98 Å². The Labute approximate surface area is 103 Å². The number of nitrogens with zero attached hydrogens (tertiary/aromatic N) is 2. The molecule has 1 heterocycles. The molecule has 2 aromatic rings. The average molecular weight is 229 g/mol. The summed E-state index contributed by atoms with van der Waals surface area (Å²) in [5.74, 6) is 2.11. The molecule has 0 saturated heterocycles. The fraction of sp³-hybridized carbons (Fsp3) is 0.467. The summed E-state index contributed by atoms with van der Waals surface area (Å²) in [6.45, 7) is 8.88. The molecule has 0 radical (unpaired) electrons. The van der Waals surface area contributed by atoms with Gasteiger partial charge >= 0.3 is 5.82 Å². The van der Waals surface area contributed by atoms with Crippen molar-refractivity contribution in [1.29, 1.82) is 0 Å². The second-order valence-electron chi connectivity index (χ2n) is 5.24. The first-order valence-electron chi connectivity index (χ1n) is 6.31. The van der Waals surface area contributed by atoms with Crippen molar-refractivity contribution >= 4 is 10.9 Å². The lowest BCUT2D eigenvalue weighted by Crippen LogP contribution is -2.41. The molecule has 1 aromatic carbocycles. The van der Waals surface area contributed by atoms with Crippen LogP contribution in [0.5, 0.6) is 0 Å². The Morgan fingerprint density at radius 2 is 1.65 bits per heavy atom. The lowest BCUT2D eigenvalue weighted by Gasteiger charge is -2.12. The second-order valence-corrected chi connectivity index (χ2v) is 5.24. The normalized spacial score (nSPS) is 11.7. The van der Waals surface area contributed by atoms with E-state index >= 15 is 0 Å². The Bertz CT molecular complexity index is 542. The van der Waals surface area contributed by atoms with Gasteiger partial charge in [-0.25, -0.2) is 4.57 Å². The minimum absolute atomic E-state index is 0.446. The molecule has 2 nitrogen and oxygen atoms in total. The Morgan fingerprint density at radius 3 is 2.24 bits per heavy atom. The summed E-state index contributed by atoms with van der Waals surface area (Å²) in [5.41, 5.74) is 2.48. The maximum Gasteiger partial charge on any atom is 0.301 e. The molecule has 0 amide bonds. The highest BCUT2D eigenvalue weighted by Gasteiger charge is 2.23. The zero-order valence-electron chi connectivity index (χ0n) is 11.4. The molecule has 2 rings (SSSR count). The largest absolute Gasteiger partial charge is 0.301 e. The number of rotatable bonds is 2. The van der Waals surface area contributed by atoms with Gasteiger partial charge in [0.15, 0.2) is 5.52 Å². The summed E-state index contributed by atoms with van der Waals surface area (Å²) in [6.07, 6.45) is 0. The smallest absolute Gasteiger partial charge is 0.233 e. The van der Waals surface area contributed by atoms with Gasteiger partial charge in [0, 0.05) is 5.92 Å². The van der Waals surface area contributed by atoms with Gasteiger partial charge in [-0.05, 0) is 17.1 Å². The van der Waals surface area contributed by atoms with Gasteiger partial charge in [0.2, 0.25) is 0 Å². The first kappa shape index (κ1) is 12.0. The summed E-state index contributed by atoms with van der Waals surface area (Å²) in [5, 5.41) is 1.27. The highest BCUT2D eigenvalue weighted by atomic mass is 15.0. The van der Waals surface area contributed by atoms with Crippen molar-refractivity contribution in [2.24, 2.45) is 7.05 Å². The van der Waals surface area contributed by atoms with Gasteiger partial charge in [0.1, 0.15) is 5.69 Å². The van der Waals surface area contributed by atoms with Crippen molar-refractivity contribution < 1.29 is 4.57 Å². The Hall–Kier alpha value is -1.44. The summed E-state index contributed by atoms with van der Waals surface area (Å²) in [7, 11) is 2.13. The van der Waals surface area contributed by atoms with Crippen LogP contribution in [0.25, 0.3) is 10.9 Å². The summed E-state index contributed by atoms with van der Waals surface area (Å²) in [4.78, 5) is 4.78. The number of hydrogen-bond acceptors (Lipinski definition) is 1. The molecule has 0 unspecified atom stereocenters. The Balaban J connectivity index is 2.85. The van der Waals surface area contributed by atoms with Crippen molar-refractivity contribution in [3.05, 3.63) is 35.8 Å². The predicted octanol–water partition coefficient (Wildman–Crippen LogP) is 3.31. The van der Waals surface area contributed by atoms with Crippen LogP contribution in [-0.4, -0.2) is 4.98 Å². The van der Waals surface area contributed by atoms with Crippen LogP contribution in [0.3, 0.4) is 0 Å². The standard InChI is InChI=1S/C15H21N2/c1-10(2)14-12-8-6-7-9-13(12)16-15(11(3)4)17(14)5/h6-11H,1-5H3/q+1. The van der Waals surface area contributed by atoms with Gasteiger partial charge in [0.05, 0.1) is 18.4 Å². The third kappa shape index (κ3) is 2.04.